The van der Waals surface area contributed by atoms with E-state index in [9.17, 15) is 14.0 Å². The van der Waals surface area contributed by atoms with E-state index in [2.05, 4.69) is 20.8 Å². The van der Waals surface area contributed by atoms with Gasteiger partial charge in [-0.25, -0.2) is 4.39 Å². The number of benzene rings is 1. The topological polar surface area (TPSA) is 106 Å². The summed E-state index contributed by atoms with van der Waals surface area (Å²) in [6.45, 7) is 1.20. The molecule has 1 saturated heterocycles. The zero-order chi connectivity index (χ0) is 19.1. The second kappa shape index (κ2) is 9.47. The van der Waals surface area contributed by atoms with Gasteiger partial charge in [0.15, 0.2) is 0 Å². The van der Waals surface area contributed by atoms with Crippen molar-refractivity contribution in [2.45, 2.75) is 30.7 Å². The third-order valence-electron chi connectivity index (χ3n) is 3.84. The van der Waals surface area contributed by atoms with Crippen molar-refractivity contribution in [3.8, 4) is 0 Å². The van der Waals surface area contributed by atoms with E-state index in [4.69, 9.17) is 9.15 Å². The van der Waals surface area contributed by atoms with Crippen LogP contribution in [0, 0.1) is 5.82 Å². The molecule has 1 aromatic heterocycles. The van der Waals surface area contributed by atoms with Gasteiger partial charge in [0.25, 0.3) is 11.1 Å². The number of thioether (sulfide) groups is 1. The van der Waals surface area contributed by atoms with Gasteiger partial charge >= 0.3 is 0 Å². The normalized spacial score (nSPS) is 16.3. The zero-order valence-corrected chi connectivity index (χ0v) is 15.3. The molecule has 27 heavy (non-hydrogen) atoms. The summed E-state index contributed by atoms with van der Waals surface area (Å²) in [6.07, 6.45) is 2.07. The number of nitrogens with zero attached hydrogens (tertiary/aromatic N) is 2. The number of carbonyl (C=O) groups is 2. The maximum Gasteiger partial charge on any atom is 0.277 e. The molecule has 2 heterocycles. The van der Waals surface area contributed by atoms with Gasteiger partial charge in [-0.05, 0) is 25.0 Å². The van der Waals surface area contributed by atoms with E-state index in [0.29, 0.717) is 6.54 Å². The molecule has 1 aromatic carbocycles. The Morgan fingerprint density at radius 3 is 2.89 bits per heavy atom. The van der Waals surface area contributed by atoms with Crippen LogP contribution in [0.2, 0.25) is 0 Å². The predicted octanol–water partition coefficient (Wildman–Crippen LogP) is 1.53. The lowest BCUT2D eigenvalue weighted by atomic mass is 10.2. The van der Waals surface area contributed by atoms with Crippen LogP contribution >= 0.6 is 11.8 Å². The summed E-state index contributed by atoms with van der Waals surface area (Å²) in [4.78, 5) is 23.7. The van der Waals surface area contributed by atoms with E-state index in [1.807, 2.05) is 0 Å². The fraction of sp³-hybridized carbons (Fsp3) is 0.412. The Hall–Kier alpha value is -2.46. The lowest BCUT2D eigenvalue weighted by Gasteiger charge is -2.09. The van der Waals surface area contributed by atoms with E-state index in [1.54, 1.807) is 6.07 Å². The Balaban J connectivity index is 1.39. The first kappa shape index (κ1) is 19.3. The highest BCUT2D eigenvalue weighted by molar-refractivity contribution is 7.99. The molecule has 3 rings (SSSR count). The van der Waals surface area contributed by atoms with Crippen LogP contribution in [0.3, 0.4) is 0 Å². The van der Waals surface area contributed by atoms with Crippen LogP contribution < -0.4 is 10.6 Å². The Morgan fingerprint density at radius 1 is 1.26 bits per heavy atom. The van der Waals surface area contributed by atoms with Gasteiger partial charge in [-0.15, -0.1) is 10.2 Å². The molecule has 1 aliphatic rings. The largest absolute Gasteiger partial charge is 0.414 e. The van der Waals surface area contributed by atoms with Crippen LogP contribution in [-0.2, 0) is 16.1 Å². The van der Waals surface area contributed by atoms with Crippen LogP contribution in [-0.4, -0.2) is 47.0 Å². The molecule has 1 atom stereocenters. The van der Waals surface area contributed by atoms with Crippen molar-refractivity contribution < 1.29 is 23.1 Å². The highest BCUT2D eigenvalue weighted by Gasteiger charge is 2.17. The van der Waals surface area contributed by atoms with Crippen LogP contribution in [0.15, 0.2) is 33.9 Å². The van der Waals surface area contributed by atoms with Crippen molar-refractivity contribution in [2.75, 3.05) is 18.9 Å². The first-order valence-electron chi connectivity index (χ1n) is 8.48. The molecular formula is C17H19FN4O4S. The van der Waals surface area contributed by atoms with E-state index >= 15 is 0 Å². The number of halogens is 1. The molecule has 2 amide bonds. The van der Waals surface area contributed by atoms with Gasteiger partial charge in [0.05, 0.1) is 24.0 Å². The minimum atomic E-state index is -0.606. The summed E-state index contributed by atoms with van der Waals surface area (Å²) in [5, 5.41) is 13.1. The monoisotopic (exact) mass is 394 g/mol. The SMILES string of the molecule is O=C(CSc1nnc(CNC(=O)c2ccccc2F)o1)NC[C@@H]1CCCO1. The van der Waals surface area contributed by atoms with Gasteiger partial charge in [0.2, 0.25) is 11.8 Å². The molecule has 10 heteroatoms. The average Bonchev–Trinajstić information content (AvgIpc) is 3.35. The van der Waals surface area contributed by atoms with E-state index < -0.39 is 11.7 Å². The molecule has 2 N–H and O–H groups in total. The van der Waals surface area contributed by atoms with Crippen LogP contribution in [0.1, 0.15) is 29.1 Å². The quantitative estimate of drug-likeness (QED) is 0.654. The number of ether oxygens (including phenoxy) is 1. The number of rotatable bonds is 8. The number of carbonyl (C=O) groups excluding carboxylic acids is 2. The van der Waals surface area contributed by atoms with Gasteiger partial charge in [-0.2, -0.15) is 0 Å². The van der Waals surface area contributed by atoms with Crippen molar-refractivity contribution in [3.05, 3.63) is 41.5 Å². The first-order valence-corrected chi connectivity index (χ1v) is 9.46. The van der Waals surface area contributed by atoms with Gasteiger partial charge < -0.3 is 19.8 Å². The fourth-order valence-electron chi connectivity index (χ4n) is 2.48. The number of hydrogen-bond donors (Lipinski definition) is 2. The third kappa shape index (κ3) is 5.76. The minimum Gasteiger partial charge on any atom is -0.414 e. The molecular weight excluding hydrogens is 375 g/mol. The predicted molar refractivity (Wildman–Crippen MR) is 94.6 cm³/mol. The van der Waals surface area contributed by atoms with Crippen LogP contribution in [0.5, 0.6) is 0 Å². The molecule has 0 radical (unpaired) electrons. The van der Waals surface area contributed by atoms with E-state index in [0.717, 1.165) is 31.2 Å². The maximum atomic E-state index is 13.5. The molecule has 2 aromatic rings. The summed E-state index contributed by atoms with van der Waals surface area (Å²) in [5.41, 5.74) is -0.0606. The Labute approximate surface area is 159 Å². The second-order valence-electron chi connectivity index (χ2n) is 5.85. The Kier molecular flexibility index (Phi) is 6.77. The molecule has 8 nitrogen and oxygen atoms in total. The average molecular weight is 394 g/mol. The van der Waals surface area contributed by atoms with Gasteiger partial charge in [0, 0.05) is 13.2 Å². The maximum absolute atomic E-state index is 13.5. The van der Waals surface area contributed by atoms with Crippen molar-refractivity contribution in [3.63, 3.8) is 0 Å². The molecule has 1 fully saturated rings. The van der Waals surface area contributed by atoms with Crippen LogP contribution in [0.4, 0.5) is 4.39 Å². The number of hydrogen-bond acceptors (Lipinski definition) is 7. The van der Waals surface area contributed by atoms with E-state index in [-0.39, 0.29) is 41.0 Å². The summed E-state index contributed by atoms with van der Waals surface area (Å²) in [6, 6.07) is 5.67. The van der Waals surface area contributed by atoms with Crippen molar-refractivity contribution in [2.24, 2.45) is 0 Å². The summed E-state index contributed by atoms with van der Waals surface area (Å²) in [5.74, 6) is -1.03. The highest BCUT2D eigenvalue weighted by atomic mass is 32.2. The Morgan fingerprint density at radius 2 is 2.11 bits per heavy atom. The van der Waals surface area contributed by atoms with Gasteiger partial charge in [-0.3, -0.25) is 9.59 Å². The number of aromatic nitrogens is 2. The van der Waals surface area contributed by atoms with Crippen molar-refractivity contribution in [1.82, 2.24) is 20.8 Å². The van der Waals surface area contributed by atoms with Crippen LogP contribution in [0.25, 0.3) is 0 Å². The summed E-state index contributed by atoms with van der Waals surface area (Å²) in [7, 11) is 0. The Bertz CT molecular complexity index is 795. The summed E-state index contributed by atoms with van der Waals surface area (Å²) < 4.78 is 24.3. The molecule has 144 valence electrons. The molecule has 0 spiro atoms. The lowest BCUT2D eigenvalue weighted by Crippen LogP contribution is -2.32. The molecule has 0 saturated carbocycles. The third-order valence-corrected chi connectivity index (χ3v) is 4.66. The highest BCUT2D eigenvalue weighted by Crippen LogP contribution is 2.16. The lowest BCUT2D eigenvalue weighted by molar-refractivity contribution is -0.119. The molecule has 0 aliphatic carbocycles. The zero-order valence-electron chi connectivity index (χ0n) is 14.4. The number of amides is 2. The molecule has 1 aliphatic heterocycles. The first-order chi connectivity index (χ1) is 13.1. The number of nitrogens with one attached hydrogen (secondary N) is 2. The van der Waals surface area contributed by atoms with E-state index in [1.165, 1.54) is 18.2 Å². The minimum absolute atomic E-state index is 0.0358. The van der Waals surface area contributed by atoms with Crippen molar-refractivity contribution >= 4 is 23.6 Å². The molecule has 0 unspecified atom stereocenters. The van der Waals surface area contributed by atoms with Crippen molar-refractivity contribution in [1.29, 1.82) is 0 Å². The fourth-order valence-corrected chi connectivity index (χ4v) is 3.09. The second-order valence-corrected chi connectivity index (χ2v) is 6.78. The summed E-state index contributed by atoms with van der Waals surface area (Å²) >= 11 is 1.10. The smallest absolute Gasteiger partial charge is 0.277 e. The van der Waals surface area contributed by atoms with Gasteiger partial charge in [-0.1, -0.05) is 23.9 Å². The van der Waals surface area contributed by atoms with Gasteiger partial charge in [0.1, 0.15) is 5.82 Å². The molecule has 0 bridgehead atoms. The standard InChI is InChI=1S/C17H19FN4O4S/c18-13-6-2-1-5-12(13)16(24)20-9-15-21-22-17(26-15)27-10-14(23)19-8-11-4-3-7-25-11/h1-2,5-6,11H,3-4,7-10H2,(H,19,23)(H,20,24)/t11-/m0/s1.